The lowest BCUT2D eigenvalue weighted by Crippen LogP contribution is -2.12. The molecule has 0 unspecified atom stereocenters. The molecule has 1 aromatic heterocycles. The van der Waals surface area contributed by atoms with E-state index in [2.05, 4.69) is 4.98 Å². The third kappa shape index (κ3) is 2.18. The predicted octanol–water partition coefficient (Wildman–Crippen LogP) is 0.0460. The van der Waals surface area contributed by atoms with E-state index < -0.39 is 0 Å². The molecule has 1 aromatic rings. The highest BCUT2D eigenvalue weighted by Gasteiger charge is 2.04. The van der Waals surface area contributed by atoms with E-state index in [-0.39, 0.29) is 12.6 Å². The van der Waals surface area contributed by atoms with Gasteiger partial charge in [0.1, 0.15) is 5.82 Å². The number of aliphatic hydroxyl groups excluding tert-OH is 1. The molecule has 1 rings (SSSR count). The van der Waals surface area contributed by atoms with Crippen LogP contribution in [0.5, 0.6) is 0 Å². The van der Waals surface area contributed by atoms with Crippen molar-refractivity contribution in [3.63, 3.8) is 0 Å². The van der Waals surface area contributed by atoms with Crippen molar-refractivity contribution in [3.8, 4) is 0 Å². The largest absolute Gasteiger partial charge is 0.396 e. The van der Waals surface area contributed by atoms with Crippen LogP contribution in [0.15, 0.2) is 18.3 Å². The molecule has 0 spiro atoms. The monoisotopic (exact) mass is 167 g/mol. The molecule has 0 aliphatic carbocycles. The lowest BCUT2D eigenvalue weighted by molar-refractivity contribution is 0.276. The van der Waals surface area contributed by atoms with Crippen LogP contribution in [0.1, 0.15) is 18.0 Å². The van der Waals surface area contributed by atoms with Crippen molar-refractivity contribution in [2.24, 2.45) is 5.73 Å². The van der Waals surface area contributed by atoms with Crippen LogP contribution in [-0.4, -0.2) is 16.7 Å². The fraction of sp³-hybridized carbons (Fsp3) is 0.375. The maximum atomic E-state index is 8.64. The summed E-state index contributed by atoms with van der Waals surface area (Å²) in [6.07, 6.45) is 2.16. The third-order valence-corrected chi connectivity index (χ3v) is 1.67. The van der Waals surface area contributed by atoms with Gasteiger partial charge in [0.2, 0.25) is 0 Å². The van der Waals surface area contributed by atoms with Crippen LogP contribution < -0.4 is 11.5 Å². The summed E-state index contributed by atoms with van der Waals surface area (Å²) in [5.41, 5.74) is 12.1. The molecule has 5 N–H and O–H groups in total. The van der Waals surface area contributed by atoms with Gasteiger partial charge in [0.05, 0.1) is 0 Å². The molecule has 0 radical (unpaired) electrons. The van der Waals surface area contributed by atoms with E-state index in [0.29, 0.717) is 12.2 Å². The SMILES string of the molecule is Nc1cc([C@@H](N)CCO)ccn1. The summed E-state index contributed by atoms with van der Waals surface area (Å²) in [4.78, 5) is 3.84. The molecule has 0 fully saturated rings. The van der Waals surface area contributed by atoms with Gasteiger partial charge in [0.15, 0.2) is 0 Å². The molecule has 0 saturated carbocycles. The number of pyridine rings is 1. The van der Waals surface area contributed by atoms with Crippen molar-refractivity contribution in [3.05, 3.63) is 23.9 Å². The average Bonchev–Trinajstić information content (AvgIpc) is 2.05. The zero-order valence-electron chi connectivity index (χ0n) is 6.77. The fourth-order valence-corrected chi connectivity index (χ4v) is 1.00. The molecule has 12 heavy (non-hydrogen) atoms. The lowest BCUT2D eigenvalue weighted by atomic mass is 10.1. The Morgan fingerprint density at radius 2 is 2.33 bits per heavy atom. The smallest absolute Gasteiger partial charge is 0.123 e. The summed E-state index contributed by atoms with van der Waals surface area (Å²) < 4.78 is 0. The maximum absolute atomic E-state index is 8.64. The van der Waals surface area contributed by atoms with Gasteiger partial charge < -0.3 is 16.6 Å². The Hall–Kier alpha value is -1.13. The molecular formula is C8H13N3O. The van der Waals surface area contributed by atoms with Gasteiger partial charge in [0.25, 0.3) is 0 Å². The van der Waals surface area contributed by atoms with Gasteiger partial charge in [-0.15, -0.1) is 0 Å². The van der Waals surface area contributed by atoms with Crippen molar-refractivity contribution < 1.29 is 5.11 Å². The number of aliphatic hydroxyl groups is 1. The molecule has 1 atom stereocenters. The molecule has 4 nitrogen and oxygen atoms in total. The molecule has 0 aromatic carbocycles. The van der Waals surface area contributed by atoms with Gasteiger partial charge in [-0.2, -0.15) is 0 Å². The quantitative estimate of drug-likeness (QED) is 0.593. The van der Waals surface area contributed by atoms with E-state index in [1.54, 1.807) is 18.3 Å². The second-order valence-electron chi connectivity index (χ2n) is 2.63. The first kappa shape index (κ1) is 8.96. The third-order valence-electron chi connectivity index (χ3n) is 1.67. The minimum Gasteiger partial charge on any atom is -0.396 e. The van der Waals surface area contributed by atoms with E-state index in [0.717, 1.165) is 5.56 Å². The standard InChI is InChI=1S/C8H13N3O/c9-7(2-4-12)6-1-3-11-8(10)5-6/h1,3,5,7,12H,2,4,9H2,(H2,10,11)/t7-/m0/s1. The topological polar surface area (TPSA) is 85.2 Å². The van der Waals surface area contributed by atoms with Crippen molar-refractivity contribution in [1.82, 2.24) is 4.98 Å². The number of rotatable bonds is 3. The first-order valence-corrected chi connectivity index (χ1v) is 3.82. The van der Waals surface area contributed by atoms with Gasteiger partial charge in [0, 0.05) is 18.8 Å². The Labute approximate surface area is 71.2 Å². The van der Waals surface area contributed by atoms with Gasteiger partial charge in [-0.1, -0.05) is 0 Å². The number of nitrogens with zero attached hydrogens (tertiary/aromatic N) is 1. The van der Waals surface area contributed by atoms with Gasteiger partial charge in [-0.3, -0.25) is 0 Å². The highest BCUT2D eigenvalue weighted by atomic mass is 16.3. The van der Waals surface area contributed by atoms with Gasteiger partial charge >= 0.3 is 0 Å². The summed E-state index contributed by atoms with van der Waals surface area (Å²) in [5.74, 6) is 0.459. The van der Waals surface area contributed by atoms with E-state index in [1.807, 2.05) is 0 Å². The summed E-state index contributed by atoms with van der Waals surface area (Å²) in [5, 5.41) is 8.64. The first-order valence-electron chi connectivity index (χ1n) is 3.82. The van der Waals surface area contributed by atoms with Crippen LogP contribution >= 0.6 is 0 Å². The van der Waals surface area contributed by atoms with Crippen molar-refractivity contribution in [1.29, 1.82) is 0 Å². The zero-order valence-corrected chi connectivity index (χ0v) is 6.77. The second kappa shape index (κ2) is 4.04. The molecule has 66 valence electrons. The Balaban J connectivity index is 2.73. The lowest BCUT2D eigenvalue weighted by Gasteiger charge is -2.09. The maximum Gasteiger partial charge on any atom is 0.123 e. The van der Waals surface area contributed by atoms with Crippen LogP contribution in [0.2, 0.25) is 0 Å². The molecule has 1 heterocycles. The van der Waals surface area contributed by atoms with E-state index in [9.17, 15) is 0 Å². The molecule has 0 saturated heterocycles. The second-order valence-corrected chi connectivity index (χ2v) is 2.63. The molecule has 4 heteroatoms. The van der Waals surface area contributed by atoms with Gasteiger partial charge in [-0.05, 0) is 24.1 Å². The Bertz CT molecular complexity index is 252. The van der Waals surface area contributed by atoms with Crippen molar-refractivity contribution in [2.75, 3.05) is 12.3 Å². The molecule has 0 aliphatic rings. The normalized spacial score (nSPS) is 12.8. The fourth-order valence-electron chi connectivity index (χ4n) is 1.00. The Morgan fingerprint density at radius 1 is 1.58 bits per heavy atom. The molecule has 0 amide bonds. The van der Waals surface area contributed by atoms with Crippen LogP contribution in [0.25, 0.3) is 0 Å². The summed E-state index contributed by atoms with van der Waals surface area (Å²) in [6, 6.07) is 3.37. The first-order chi connectivity index (χ1) is 5.74. The van der Waals surface area contributed by atoms with E-state index >= 15 is 0 Å². The van der Waals surface area contributed by atoms with Crippen LogP contribution in [0, 0.1) is 0 Å². The van der Waals surface area contributed by atoms with Crippen LogP contribution in [0.4, 0.5) is 5.82 Å². The number of anilines is 1. The number of hydrogen-bond donors (Lipinski definition) is 3. The Kier molecular flexibility index (Phi) is 3.01. The average molecular weight is 167 g/mol. The van der Waals surface area contributed by atoms with Crippen molar-refractivity contribution >= 4 is 5.82 Å². The number of nitrogens with two attached hydrogens (primary N) is 2. The van der Waals surface area contributed by atoms with Crippen LogP contribution in [0.3, 0.4) is 0 Å². The number of aromatic nitrogens is 1. The van der Waals surface area contributed by atoms with Crippen LogP contribution in [-0.2, 0) is 0 Å². The number of hydrogen-bond acceptors (Lipinski definition) is 4. The van der Waals surface area contributed by atoms with Crippen molar-refractivity contribution in [2.45, 2.75) is 12.5 Å². The molecular weight excluding hydrogens is 154 g/mol. The minimum absolute atomic E-state index is 0.0867. The van der Waals surface area contributed by atoms with Gasteiger partial charge in [-0.25, -0.2) is 4.98 Å². The van der Waals surface area contributed by atoms with E-state index in [1.165, 1.54) is 0 Å². The number of nitrogen functional groups attached to an aromatic ring is 1. The molecule has 0 bridgehead atoms. The Morgan fingerprint density at radius 3 is 2.92 bits per heavy atom. The predicted molar refractivity (Wildman–Crippen MR) is 47.3 cm³/mol. The van der Waals surface area contributed by atoms with E-state index in [4.69, 9.17) is 16.6 Å². The summed E-state index contributed by atoms with van der Waals surface area (Å²) in [6.45, 7) is 0.0867. The highest BCUT2D eigenvalue weighted by Crippen LogP contribution is 2.13. The highest BCUT2D eigenvalue weighted by molar-refractivity contribution is 5.33. The summed E-state index contributed by atoms with van der Waals surface area (Å²) >= 11 is 0. The molecule has 0 aliphatic heterocycles. The minimum atomic E-state index is -0.153. The zero-order chi connectivity index (χ0) is 8.97. The summed E-state index contributed by atoms with van der Waals surface area (Å²) in [7, 11) is 0.